The number of pyridine rings is 1. The van der Waals surface area contributed by atoms with Crippen molar-refractivity contribution in [3.63, 3.8) is 0 Å². The highest BCUT2D eigenvalue weighted by Gasteiger charge is 2.23. The summed E-state index contributed by atoms with van der Waals surface area (Å²) in [6.45, 7) is 2.50. The second-order valence-corrected chi connectivity index (χ2v) is 6.16. The van der Waals surface area contributed by atoms with Crippen LogP contribution >= 0.6 is 0 Å². The minimum Gasteiger partial charge on any atom is -0.493 e. The molecule has 5 nitrogen and oxygen atoms in total. The molecule has 2 heterocycles. The first-order valence-corrected chi connectivity index (χ1v) is 8.77. The molecular formula is C20H24N2O3. The zero-order valence-electron chi connectivity index (χ0n) is 14.3. The van der Waals surface area contributed by atoms with Gasteiger partial charge in [-0.15, -0.1) is 0 Å². The summed E-state index contributed by atoms with van der Waals surface area (Å²) in [4.78, 5) is 18.3. The smallest absolute Gasteiger partial charge is 0.226 e. The summed E-state index contributed by atoms with van der Waals surface area (Å²) in [5.74, 6) is 0.958. The summed E-state index contributed by atoms with van der Waals surface area (Å²) in [6.07, 6.45) is 5.97. The third-order valence-electron chi connectivity index (χ3n) is 4.33. The van der Waals surface area contributed by atoms with Crippen LogP contribution in [0.1, 0.15) is 24.8 Å². The molecule has 1 saturated heterocycles. The van der Waals surface area contributed by atoms with E-state index in [4.69, 9.17) is 9.47 Å². The predicted molar refractivity (Wildman–Crippen MR) is 95.2 cm³/mol. The Hall–Kier alpha value is -2.40. The number of carbonyl (C=O) groups excluding carboxylic acids is 1. The van der Waals surface area contributed by atoms with Crippen molar-refractivity contribution in [1.82, 2.24) is 9.88 Å². The van der Waals surface area contributed by atoms with E-state index >= 15 is 0 Å². The molecule has 0 spiro atoms. The summed E-state index contributed by atoms with van der Waals surface area (Å²) in [6, 6.07) is 13.5. The number of amides is 1. The maximum absolute atomic E-state index is 12.3. The van der Waals surface area contributed by atoms with Crippen molar-refractivity contribution in [3.05, 3.63) is 60.4 Å². The van der Waals surface area contributed by atoms with E-state index < -0.39 is 0 Å². The Morgan fingerprint density at radius 3 is 2.64 bits per heavy atom. The van der Waals surface area contributed by atoms with E-state index in [1.165, 1.54) is 0 Å². The third-order valence-corrected chi connectivity index (χ3v) is 4.33. The largest absolute Gasteiger partial charge is 0.493 e. The van der Waals surface area contributed by atoms with Crippen molar-refractivity contribution in [3.8, 4) is 5.75 Å². The summed E-state index contributed by atoms with van der Waals surface area (Å²) in [5.41, 5.74) is 1.08. The van der Waals surface area contributed by atoms with Crippen LogP contribution in [0.4, 0.5) is 0 Å². The summed E-state index contributed by atoms with van der Waals surface area (Å²) >= 11 is 0. The van der Waals surface area contributed by atoms with Crippen molar-refractivity contribution < 1.29 is 14.3 Å². The lowest BCUT2D eigenvalue weighted by Gasteiger charge is -2.32. The number of rotatable bonds is 7. The van der Waals surface area contributed by atoms with E-state index in [2.05, 4.69) is 4.98 Å². The molecule has 1 amide bonds. The van der Waals surface area contributed by atoms with Crippen LogP contribution in [0.5, 0.6) is 5.75 Å². The normalized spacial score (nSPS) is 15.1. The molecule has 1 aliphatic rings. The quantitative estimate of drug-likeness (QED) is 0.777. The van der Waals surface area contributed by atoms with Gasteiger partial charge in [-0.1, -0.05) is 24.3 Å². The number of hydrogen-bond donors (Lipinski definition) is 0. The number of aromatic nitrogens is 1. The highest BCUT2D eigenvalue weighted by Crippen LogP contribution is 2.16. The fourth-order valence-corrected chi connectivity index (χ4v) is 2.90. The van der Waals surface area contributed by atoms with E-state index in [1.807, 2.05) is 53.6 Å². The molecule has 1 fully saturated rings. The lowest BCUT2D eigenvalue weighted by atomic mass is 10.1. The Morgan fingerprint density at radius 1 is 1.12 bits per heavy atom. The molecule has 0 N–H and O–H groups in total. The van der Waals surface area contributed by atoms with Crippen molar-refractivity contribution in [2.24, 2.45) is 0 Å². The molecule has 5 heteroatoms. The first-order valence-electron chi connectivity index (χ1n) is 8.77. The van der Waals surface area contributed by atoms with E-state index in [9.17, 15) is 4.79 Å². The van der Waals surface area contributed by atoms with Gasteiger partial charge in [0.1, 0.15) is 5.75 Å². The second kappa shape index (κ2) is 9.18. The number of benzene rings is 1. The molecule has 25 heavy (non-hydrogen) atoms. The zero-order valence-corrected chi connectivity index (χ0v) is 14.3. The number of carbonyl (C=O) groups is 1. The fraction of sp³-hybridized carbons (Fsp3) is 0.400. The van der Waals surface area contributed by atoms with Crippen LogP contribution in [-0.4, -0.2) is 41.6 Å². The van der Waals surface area contributed by atoms with Crippen LogP contribution in [0, 0.1) is 0 Å². The van der Waals surface area contributed by atoms with Gasteiger partial charge in [0.05, 0.1) is 25.7 Å². The van der Waals surface area contributed by atoms with Gasteiger partial charge >= 0.3 is 0 Å². The minimum atomic E-state index is 0.154. The third kappa shape index (κ3) is 5.57. The first kappa shape index (κ1) is 17.4. The minimum absolute atomic E-state index is 0.154. The van der Waals surface area contributed by atoms with Gasteiger partial charge in [0.2, 0.25) is 5.91 Å². The van der Waals surface area contributed by atoms with Crippen molar-refractivity contribution in [2.75, 3.05) is 19.7 Å². The number of para-hydroxylation sites is 1. The van der Waals surface area contributed by atoms with E-state index in [-0.39, 0.29) is 12.0 Å². The van der Waals surface area contributed by atoms with E-state index in [1.54, 1.807) is 6.20 Å². The van der Waals surface area contributed by atoms with Crippen LogP contribution < -0.4 is 4.74 Å². The van der Waals surface area contributed by atoms with Crippen LogP contribution in [0.15, 0.2) is 54.9 Å². The number of likely N-dealkylation sites (tertiary alicyclic amines) is 1. The van der Waals surface area contributed by atoms with E-state index in [0.717, 1.165) is 37.2 Å². The second-order valence-electron chi connectivity index (χ2n) is 6.16. The van der Waals surface area contributed by atoms with Crippen LogP contribution in [-0.2, 0) is 16.1 Å². The number of ether oxygens (including phenoxy) is 2. The molecule has 0 unspecified atom stereocenters. The molecule has 1 aromatic carbocycles. The average Bonchev–Trinajstić information content (AvgIpc) is 2.68. The van der Waals surface area contributed by atoms with Gasteiger partial charge in [-0.25, -0.2) is 0 Å². The number of nitrogens with zero attached hydrogens (tertiary/aromatic N) is 2. The van der Waals surface area contributed by atoms with E-state index in [0.29, 0.717) is 19.6 Å². The SMILES string of the molecule is O=C(CCOc1ccccc1)N1CCC(OCc2cccnc2)CC1. The average molecular weight is 340 g/mol. The van der Waals surface area contributed by atoms with Gasteiger partial charge in [-0.2, -0.15) is 0 Å². The Labute approximate surface area is 148 Å². The van der Waals surface area contributed by atoms with Gasteiger partial charge in [-0.05, 0) is 36.6 Å². The van der Waals surface area contributed by atoms with Gasteiger partial charge in [0.25, 0.3) is 0 Å². The molecule has 1 aromatic heterocycles. The molecule has 2 aromatic rings. The first-order chi connectivity index (χ1) is 12.3. The Bertz CT molecular complexity index is 641. The number of piperidine rings is 1. The van der Waals surface area contributed by atoms with Gasteiger partial charge in [0.15, 0.2) is 0 Å². The zero-order chi connectivity index (χ0) is 17.3. The molecule has 3 rings (SSSR count). The van der Waals surface area contributed by atoms with Crippen molar-refractivity contribution in [1.29, 1.82) is 0 Å². The van der Waals surface area contributed by atoms with Gasteiger partial charge < -0.3 is 14.4 Å². The molecule has 0 aliphatic carbocycles. The molecule has 132 valence electrons. The Kier molecular flexibility index (Phi) is 6.40. The lowest BCUT2D eigenvalue weighted by molar-refractivity contribution is -0.134. The van der Waals surface area contributed by atoms with Gasteiger partial charge in [0, 0.05) is 25.5 Å². The topological polar surface area (TPSA) is 51.7 Å². The standard InChI is InChI=1S/C20H24N2O3/c23-20(10-14-24-18-6-2-1-3-7-18)22-12-8-19(9-13-22)25-16-17-5-4-11-21-15-17/h1-7,11,15,19H,8-10,12-14,16H2. The molecule has 0 saturated carbocycles. The van der Waals surface area contributed by atoms with Crippen LogP contribution in [0.3, 0.4) is 0 Å². The Morgan fingerprint density at radius 2 is 1.92 bits per heavy atom. The molecule has 1 aliphatic heterocycles. The maximum atomic E-state index is 12.3. The molecule has 0 atom stereocenters. The summed E-state index contributed by atoms with van der Waals surface area (Å²) in [7, 11) is 0. The number of hydrogen-bond acceptors (Lipinski definition) is 4. The summed E-state index contributed by atoms with van der Waals surface area (Å²) in [5, 5.41) is 0. The van der Waals surface area contributed by atoms with Gasteiger partial charge in [-0.3, -0.25) is 9.78 Å². The highest BCUT2D eigenvalue weighted by molar-refractivity contribution is 5.76. The molecule has 0 bridgehead atoms. The predicted octanol–water partition coefficient (Wildman–Crippen LogP) is 3.06. The summed E-state index contributed by atoms with van der Waals surface area (Å²) < 4.78 is 11.5. The fourth-order valence-electron chi connectivity index (χ4n) is 2.90. The van der Waals surface area contributed by atoms with Crippen LogP contribution in [0.25, 0.3) is 0 Å². The van der Waals surface area contributed by atoms with Crippen molar-refractivity contribution >= 4 is 5.91 Å². The lowest BCUT2D eigenvalue weighted by Crippen LogP contribution is -2.41. The Balaban J connectivity index is 1.33. The van der Waals surface area contributed by atoms with Crippen molar-refractivity contribution in [2.45, 2.75) is 32.0 Å². The molecule has 0 radical (unpaired) electrons. The monoisotopic (exact) mass is 340 g/mol. The maximum Gasteiger partial charge on any atom is 0.226 e. The highest BCUT2D eigenvalue weighted by atomic mass is 16.5. The van der Waals surface area contributed by atoms with Crippen LogP contribution in [0.2, 0.25) is 0 Å². The molecular weight excluding hydrogens is 316 g/mol.